The van der Waals surface area contributed by atoms with E-state index in [2.05, 4.69) is 35.0 Å². The summed E-state index contributed by atoms with van der Waals surface area (Å²) in [5.41, 5.74) is 4.43. The molecule has 1 fully saturated rings. The van der Waals surface area contributed by atoms with Crippen molar-refractivity contribution in [1.82, 2.24) is 0 Å². The van der Waals surface area contributed by atoms with E-state index in [1.165, 1.54) is 48.4 Å². The van der Waals surface area contributed by atoms with Crippen molar-refractivity contribution in [3.8, 4) is 11.3 Å². The van der Waals surface area contributed by atoms with Gasteiger partial charge in [-0.3, -0.25) is 0 Å². The van der Waals surface area contributed by atoms with E-state index in [0.29, 0.717) is 12.1 Å². The van der Waals surface area contributed by atoms with Crippen molar-refractivity contribution in [1.29, 1.82) is 0 Å². The molecule has 0 atom stereocenters. The standard InChI is InChI=1S/C23H26N/c1-17-7-3-6-10-21(17)23-22-12-11-19(15-18-8-4-5-9-18)16-20(22)13-14-24(23)2/h3,6-7,10-14,16,18H,4-5,8-9,15H2,1-2H3/q+1/i6D,7D. The maximum atomic E-state index is 8.16. The molecule has 0 N–H and O–H groups in total. The van der Waals surface area contributed by atoms with Crippen molar-refractivity contribution in [2.45, 2.75) is 39.0 Å². The van der Waals surface area contributed by atoms with Gasteiger partial charge in [0.25, 0.3) is 0 Å². The summed E-state index contributed by atoms with van der Waals surface area (Å²) in [7, 11) is 2.04. The lowest BCUT2D eigenvalue weighted by Gasteiger charge is -2.11. The lowest BCUT2D eigenvalue weighted by atomic mass is 9.94. The quantitative estimate of drug-likeness (QED) is 0.571. The second kappa shape index (κ2) is 6.39. The van der Waals surface area contributed by atoms with Crippen LogP contribution in [0.3, 0.4) is 0 Å². The molecule has 0 aliphatic heterocycles. The number of benzene rings is 2. The van der Waals surface area contributed by atoms with Crippen LogP contribution in [0.4, 0.5) is 0 Å². The molecule has 0 saturated heterocycles. The number of aromatic nitrogens is 1. The highest BCUT2D eigenvalue weighted by atomic mass is 14.9. The molecule has 122 valence electrons. The van der Waals surface area contributed by atoms with Gasteiger partial charge in [-0.15, -0.1) is 0 Å². The molecule has 1 aliphatic rings. The van der Waals surface area contributed by atoms with Crippen molar-refractivity contribution in [2.75, 3.05) is 0 Å². The van der Waals surface area contributed by atoms with E-state index >= 15 is 0 Å². The van der Waals surface area contributed by atoms with E-state index in [4.69, 9.17) is 2.74 Å². The number of nitrogens with zero attached hydrogens (tertiary/aromatic N) is 1. The number of hydrogen-bond acceptors (Lipinski definition) is 0. The van der Waals surface area contributed by atoms with Gasteiger partial charge in [0, 0.05) is 11.6 Å². The molecule has 3 aromatic rings. The average molecular weight is 318 g/mol. The SMILES string of the molecule is [2H]c1cc([2H])c(C)c(-c2c3ccc(CC4CCCC4)cc3cc[n+]2C)c1. The molecule has 1 heterocycles. The third-order valence-electron chi connectivity index (χ3n) is 5.46. The molecule has 1 aliphatic carbocycles. The van der Waals surface area contributed by atoms with Gasteiger partial charge < -0.3 is 0 Å². The van der Waals surface area contributed by atoms with Crippen LogP contribution >= 0.6 is 0 Å². The molecular formula is C23H26N+. The van der Waals surface area contributed by atoms with Gasteiger partial charge in [-0.25, -0.2) is 4.57 Å². The summed E-state index contributed by atoms with van der Waals surface area (Å²) in [6.07, 6.45) is 8.79. The zero-order valence-corrected chi connectivity index (χ0v) is 14.6. The largest absolute Gasteiger partial charge is 0.220 e. The van der Waals surface area contributed by atoms with E-state index in [1.807, 2.05) is 20.0 Å². The summed E-state index contributed by atoms with van der Waals surface area (Å²) < 4.78 is 18.3. The highest BCUT2D eigenvalue weighted by Gasteiger charge is 2.18. The second-order valence-corrected chi connectivity index (χ2v) is 7.19. The van der Waals surface area contributed by atoms with Crippen LogP contribution in [0.25, 0.3) is 22.0 Å². The van der Waals surface area contributed by atoms with Crippen LogP contribution < -0.4 is 4.57 Å². The number of aryl methyl sites for hydroxylation is 1. The maximum Gasteiger partial charge on any atom is 0.220 e. The molecule has 1 heteroatoms. The van der Waals surface area contributed by atoms with Crippen LogP contribution in [-0.2, 0) is 13.5 Å². The van der Waals surface area contributed by atoms with Gasteiger partial charge in [-0.05, 0) is 47.9 Å². The Kier molecular flexibility index (Phi) is 3.51. The van der Waals surface area contributed by atoms with Crippen LogP contribution in [0.2, 0.25) is 0 Å². The smallest absolute Gasteiger partial charge is 0.200 e. The molecule has 1 saturated carbocycles. The molecule has 1 aromatic heterocycles. The zero-order chi connectivity index (χ0) is 18.3. The predicted molar refractivity (Wildman–Crippen MR) is 101 cm³/mol. The minimum Gasteiger partial charge on any atom is -0.200 e. The van der Waals surface area contributed by atoms with Crippen LogP contribution in [0.15, 0.2) is 54.7 Å². The third-order valence-corrected chi connectivity index (χ3v) is 5.46. The summed E-state index contributed by atoms with van der Waals surface area (Å²) in [4.78, 5) is 0. The van der Waals surface area contributed by atoms with Crippen LogP contribution in [0.5, 0.6) is 0 Å². The number of hydrogen-bond donors (Lipinski definition) is 0. The fourth-order valence-electron chi connectivity index (χ4n) is 4.14. The lowest BCUT2D eigenvalue weighted by molar-refractivity contribution is -0.659. The Balaban J connectivity index is 1.83. The molecule has 0 spiro atoms. The van der Waals surface area contributed by atoms with E-state index in [9.17, 15) is 0 Å². The molecule has 1 nitrogen and oxygen atoms in total. The predicted octanol–water partition coefficient (Wildman–Crippen LogP) is 5.37. The average Bonchev–Trinajstić information content (AvgIpc) is 3.11. The van der Waals surface area contributed by atoms with Gasteiger partial charge >= 0.3 is 0 Å². The van der Waals surface area contributed by atoms with Gasteiger partial charge in [0.2, 0.25) is 5.69 Å². The van der Waals surface area contributed by atoms with Crippen LogP contribution in [-0.4, -0.2) is 0 Å². The first-order valence-corrected chi connectivity index (χ1v) is 9.02. The van der Waals surface area contributed by atoms with E-state index in [0.717, 1.165) is 22.7 Å². The Labute approximate surface area is 147 Å². The Morgan fingerprint density at radius 2 is 2.00 bits per heavy atom. The summed E-state index contributed by atoms with van der Waals surface area (Å²) in [6.45, 7) is 1.98. The first-order chi connectivity index (χ1) is 12.5. The number of fused-ring (bicyclic) bond motifs is 1. The topological polar surface area (TPSA) is 3.88 Å². The fourth-order valence-corrected chi connectivity index (χ4v) is 4.14. The summed E-state index contributed by atoms with van der Waals surface area (Å²) in [5, 5.41) is 2.44. The molecule has 0 unspecified atom stereocenters. The zero-order valence-electron chi connectivity index (χ0n) is 16.6. The van der Waals surface area contributed by atoms with Gasteiger partial charge in [0.1, 0.15) is 7.05 Å². The Hall–Kier alpha value is -2.15. The van der Waals surface area contributed by atoms with Crippen LogP contribution in [0, 0.1) is 12.8 Å². The summed E-state index contributed by atoms with van der Waals surface area (Å²) in [6, 6.07) is 13.3. The molecule has 0 radical (unpaired) electrons. The van der Waals surface area contributed by atoms with Crippen molar-refractivity contribution in [3.05, 3.63) is 65.8 Å². The van der Waals surface area contributed by atoms with Crippen molar-refractivity contribution in [2.24, 2.45) is 13.0 Å². The number of pyridine rings is 1. The van der Waals surface area contributed by atoms with Crippen LogP contribution in [0.1, 0.15) is 39.6 Å². The van der Waals surface area contributed by atoms with Crippen molar-refractivity contribution in [3.63, 3.8) is 0 Å². The highest BCUT2D eigenvalue weighted by molar-refractivity contribution is 5.93. The normalized spacial score (nSPS) is 16.4. The first kappa shape index (κ1) is 13.2. The van der Waals surface area contributed by atoms with Gasteiger partial charge in [0.05, 0.1) is 8.13 Å². The molecule has 4 rings (SSSR count). The summed E-state index contributed by atoms with van der Waals surface area (Å²) >= 11 is 0. The Morgan fingerprint density at radius 3 is 2.83 bits per heavy atom. The highest BCUT2D eigenvalue weighted by Crippen LogP contribution is 2.31. The molecular weight excluding hydrogens is 290 g/mol. The van der Waals surface area contributed by atoms with Gasteiger partial charge in [-0.1, -0.05) is 56.0 Å². The van der Waals surface area contributed by atoms with E-state index in [1.54, 1.807) is 6.07 Å². The monoisotopic (exact) mass is 318 g/mol. The minimum atomic E-state index is 0.394. The second-order valence-electron chi connectivity index (χ2n) is 7.19. The van der Waals surface area contributed by atoms with Gasteiger partial charge in [0.15, 0.2) is 6.20 Å². The Morgan fingerprint density at radius 1 is 1.17 bits per heavy atom. The first-order valence-electron chi connectivity index (χ1n) is 10.0. The third kappa shape index (κ3) is 2.84. The molecule has 0 bridgehead atoms. The minimum absolute atomic E-state index is 0.394. The van der Waals surface area contributed by atoms with Gasteiger partial charge in [-0.2, -0.15) is 0 Å². The lowest BCUT2D eigenvalue weighted by Crippen LogP contribution is -2.30. The van der Waals surface area contributed by atoms with E-state index < -0.39 is 0 Å². The molecule has 24 heavy (non-hydrogen) atoms. The maximum absolute atomic E-state index is 8.16. The van der Waals surface area contributed by atoms with Crippen molar-refractivity contribution < 1.29 is 7.31 Å². The number of rotatable bonds is 3. The molecule has 2 aromatic carbocycles. The van der Waals surface area contributed by atoms with Crippen molar-refractivity contribution >= 4 is 10.8 Å². The fraction of sp³-hybridized carbons (Fsp3) is 0.348. The van der Waals surface area contributed by atoms with E-state index in [-0.39, 0.29) is 0 Å². The Bertz CT molecular complexity index is 972. The molecule has 0 amide bonds. The summed E-state index contributed by atoms with van der Waals surface area (Å²) in [5.74, 6) is 0.847.